The summed E-state index contributed by atoms with van der Waals surface area (Å²) in [6, 6.07) is 9.37. The van der Waals surface area contributed by atoms with Gasteiger partial charge in [-0.05, 0) is 36.6 Å². The molecule has 4 rings (SSSR count). The highest BCUT2D eigenvalue weighted by Crippen LogP contribution is 2.33. The van der Waals surface area contributed by atoms with Gasteiger partial charge in [0.15, 0.2) is 0 Å². The Morgan fingerprint density at radius 1 is 1.34 bits per heavy atom. The Labute approximate surface area is 175 Å². The summed E-state index contributed by atoms with van der Waals surface area (Å²) < 4.78 is 6.01. The molecule has 3 aromatic rings. The molecule has 0 bridgehead atoms. The summed E-state index contributed by atoms with van der Waals surface area (Å²) >= 11 is 6.06. The fourth-order valence-corrected chi connectivity index (χ4v) is 3.85. The van der Waals surface area contributed by atoms with E-state index in [1.54, 1.807) is 6.20 Å². The van der Waals surface area contributed by atoms with Crippen LogP contribution in [0.4, 0.5) is 0 Å². The zero-order valence-corrected chi connectivity index (χ0v) is 17.7. The molecule has 2 aromatic heterocycles. The van der Waals surface area contributed by atoms with Gasteiger partial charge in [-0.2, -0.15) is 5.10 Å². The van der Waals surface area contributed by atoms with Crippen molar-refractivity contribution in [2.45, 2.75) is 51.5 Å². The molecule has 3 heterocycles. The summed E-state index contributed by atoms with van der Waals surface area (Å²) in [5.41, 5.74) is 2.35. The third-order valence-corrected chi connectivity index (χ3v) is 5.48. The molecular weight excluding hydrogens is 388 g/mol. The predicted octanol–water partition coefficient (Wildman–Crippen LogP) is 4.92. The minimum Gasteiger partial charge on any atom is -0.443 e. The number of nitrogens with one attached hydrogen (secondary N) is 1. The molecule has 1 amide bonds. The minimum absolute atomic E-state index is 0.0890. The largest absolute Gasteiger partial charge is 0.443 e. The van der Waals surface area contributed by atoms with Crippen LogP contribution in [0.1, 0.15) is 73.1 Å². The number of halogens is 1. The summed E-state index contributed by atoms with van der Waals surface area (Å²) in [7, 11) is 0. The van der Waals surface area contributed by atoms with Gasteiger partial charge in [0.2, 0.25) is 5.89 Å². The van der Waals surface area contributed by atoms with Crippen molar-refractivity contribution in [2.24, 2.45) is 0 Å². The Bertz CT molecular complexity index is 1020. The maximum Gasteiger partial charge on any atom is 0.275 e. The van der Waals surface area contributed by atoms with E-state index in [0.717, 1.165) is 29.9 Å². The molecule has 1 fully saturated rings. The number of hydrogen-bond donors (Lipinski definition) is 1. The number of aromatic amines is 1. The van der Waals surface area contributed by atoms with Gasteiger partial charge in [0, 0.05) is 29.1 Å². The molecule has 1 N–H and O–H groups in total. The summed E-state index contributed by atoms with van der Waals surface area (Å²) in [5.74, 6) is 1.25. The van der Waals surface area contributed by atoms with Gasteiger partial charge in [-0.1, -0.05) is 44.5 Å². The van der Waals surface area contributed by atoms with Gasteiger partial charge in [-0.15, -0.1) is 0 Å². The Hall–Kier alpha value is -2.60. The first-order valence-corrected chi connectivity index (χ1v) is 10.2. The molecule has 29 heavy (non-hydrogen) atoms. The topological polar surface area (TPSA) is 75.0 Å². The van der Waals surface area contributed by atoms with Crippen molar-refractivity contribution in [2.75, 3.05) is 6.54 Å². The first-order chi connectivity index (χ1) is 13.8. The zero-order valence-electron chi connectivity index (χ0n) is 16.9. The number of carbonyl (C=O) groups excluding carboxylic acids is 1. The lowest BCUT2D eigenvalue weighted by Gasteiger charge is -2.21. The van der Waals surface area contributed by atoms with E-state index in [9.17, 15) is 4.79 Å². The van der Waals surface area contributed by atoms with Crippen LogP contribution in [0.5, 0.6) is 0 Å². The van der Waals surface area contributed by atoms with E-state index in [-0.39, 0.29) is 17.4 Å². The van der Waals surface area contributed by atoms with Crippen molar-refractivity contribution in [1.82, 2.24) is 20.1 Å². The molecule has 1 atom stereocenters. The first kappa shape index (κ1) is 19.7. The maximum absolute atomic E-state index is 13.1. The van der Waals surface area contributed by atoms with Crippen molar-refractivity contribution in [3.05, 3.63) is 70.2 Å². The molecule has 0 saturated carbocycles. The Morgan fingerprint density at radius 3 is 2.90 bits per heavy atom. The first-order valence-electron chi connectivity index (χ1n) is 9.87. The van der Waals surface area contributed by atoms with Crippen LogP contribution in [-0.2, 0) is 11.8 Å². The summed E-state index contributed by atoms with van der Waals surface area (Å²) in [6.07, 6.45) is 4.10. The van der Waals surface area contributed by atoms with Gasteiger partial charge in [-0.3, -0.25) is 9.89 Å². The molecule has 1 aliphatic heterocycles. The third-order valence-electron chi connectivity index (χ3n) is 5.24. The molecule has 1 aliphatic rings. The lowest BCUT2D eigenvalue weighted by Crippen LogP contribution is -2.31. The average Bonchev–Trinajstić information content (AvgIpc) is 3.40. The Kier molecular flexibility index (Phi) is 5.21. The molecule has 1 saturated heterocycles. The van der Waals surface area contributed by atoms with Crippen LogP contribution in [0.3, 0.4) is 0 Å². The molecule has 6 nitrogen and oxygen atoms in total. The molecule has 0 radical (unpaired) electrons. The predicted molar refractivity (Wildman–Crippen MR) is 111 cm³/mol. The number of H-pyrrole nitrogens is 1. The smallest absolute Gasteiger partial charge is 0.275 e. The van der Waals surface area contributed by atoms with Gasteiger partial charge in [0.1, 0.15) is 17.5 Å². The second-order valence-electron chi connectivity index (χ2n) is 8.54. The molecular formula is C22H25ClN4O2. The van der Waals surface area contributed by atoms with E-state index in [4.69, 9.17) is 16.0 Å². The van der Waals surface area contributed by atoms with Crippen molar-refractivity contribution in [1.29, 1.82) is 0 Å². The lowest BCUT2D eigenvalue weighted by atomic mass is 9.92. The SMILES string of the molecule is CC(C)(C)c1cc(C(=O)N2CCC[C@@H]2c2ncc(Cc3cccc(Cl)c3)o2)n[nH]1. The number of benzene rings is 1. The fourth-order valence-electron chi connectivity index (χ4n) is 3.64. The molecule has 7 heteroatoms. The standard InChI is InChI=1S/C22H25ClN4O2/c1-22(2,3)19-12-17(25-26-19)21(28)27-9-5-8-18(27)20-24-13-16(29-20)11-14-6-4-7-15(23)10-14/h4,6-7,10,12-13,18H,5,8-9,11H2,1-3H3,(H,25,26)/t18-/m1/s1. The van der Waals surface area contributed by atoms with Crippen molar-refractivity contribution in [3.63, 3.8) is 0 Å². The Balaban J connectivity index is 1.50. The monoisotopic (exact) mass is 412 g/mol. The van der Waals surface area contributed by atoms with Crippen molar-refractivity contribution >= 4 is 17.5 Å². The molecule has 0 unspecified atom stereocenters. The normalized spacial score (nSPS) is 17.1. The van der Waals surface area contributed by atoms with Crippen LogP contribution in [0.25, 0.3) is 0 Å². The number of aromatic nitrogens is 3. The fraction of sp³-hybridized carbons (Fsp3) is 0.409. The highest BCUT2D eigenvalue weighted by Gasteiger charge is 2.35. The van der Waals surface area contributed by atoms with Crippen LogP contribution in [0, 0.1) is 0 Å². The molecule has 0 aliphatic carbocycles. The van der Waals surface area contributed by atoms with Crippen LogP contribution in [0.2, 0.25) is 5.02 Å². The van der Waals surface area contributed by atoms with E-state index in [1.807, 2.05) is 35.2 Å². The van der Waals surface area contributed by atoms with Gasteiger partial charge >= 0.3 is 0 Å². The number of hydrogen-bond acceptors (Lipinski definition) is 4. The highest BCUT2D eigenvalue weighted by molar-refractivity contribution is 6.30. The van der Waals surface area contributed by atoms with Gasteiger partial charge < -0.3 is 9.32 Å². The second-order valence-corrected chi connectivity index (χ2v) is 8.98. The molecule has 1 aromatic carbocycles. The third kappa shape index (κ3) is 4.22. The Morgan fingerprint density at radius 2 is 2.17 bits per heavy atom. The van der Waals surface area contributed by atoms with Gasteiger partial charge in [-0.25, -0.2) is 4.98 Å². The lowest BCUT2D eigenvalue weighted by molar-refractivity contribution is 0.0708. The average molecular weight is 413 g/mol. The maximum atomic E-state index is 13.1. The zero-order chi connectivity index (χ0) is 20.6. The van der Waals surface area contributed by atoms with Crippen molar-refractivity contribution in [3.8, 4) is 0 Å². The minimum atomic E-state index is -0.162. The van der Waals surface area contributed by atoms with E-state index < -0.39 is 0 Å². The molecule has 152 valence electrons. The summed E-state index contributed by atoms with van der Waals surface area (Å²) in [4.78, 5) is 19.3. The number of amides is 1. The van der Waals surface area contributed by atoms with Crippen LogP contribution >= 0.6 is 11.6 Å². The highest BCUT2D eigenvalue weighted by atomic mass is 35.5. The molecule has 0 spiro atoms. The van der Waals surface area contributed by atoms with Crippen LogP contribution < -0.4 is 0 Å². The van der Waals surface area contributed by atoms with Crippen molar-refractivity contribution < 1.29 is 9.21 Å². The number of likely N-dealkylation sites (tertiary alicyclic amines) is 1. The van der Waals surface area contributed by atoms with E-state index in [1.165, 1.54) is 0 Å². The van der Waals surface area contributed by atoms with E-state index >= 15 is 0 Å². The number of carbonyl (C=O) groups is 1. The second kappa shape index (κ2) is 7.67. The summed E-state index contributed by atoms with van der Waals surface area (Å²) in [6.45, 7) is 6.93. The number of rotatable bonds is 4. The quantitative estimate of drug-likeness (QED) is 0.660. The number of nitrogens with zero attached hydrogens (tertiary/aromatic N) is 3. The van der Waals surface area contributed by atoms with E-state index in [0.29, 0.717) is 29.6 Å². The number of oxazole rings is 1. The van der Waals surface area contributed by atoms with Crippen LogP contribution in [-0.4, -0.2) is 32.5 Å². The van der Waals surface area contributed by atoms with Gasteiger partial charge in [0.25, 0.3) is 5.91 Å². The van der Waals surface area contributed by atoms with Crippen LogP contribution in [0.15, 0.2) is 40.9 Å². The van der Waals surface area contributed by atoms with E-state index in [2.05, 4.69) is 36.0 Å². The summed E-state index contributed by atoms with van der Waals surface area (Å²) in [5, 5.41) is 7.94. The van der Waals surface area contributed by atoms with Gasteiger partial charge in [0.05, 0.1) is 6.20 Å².